The normalized spacial score (nSPS) is 24.9. The second kappa shape index (κ2) is 5.64. The number of carbonyl (C=O) groups is 1. The molecule has 114 valence electrons. The van der Waals surface area contributed by atoms with Crippen molar-refractivity contribution in [1.29, 1.82) is 0 Å². The first kappa shape index (κ1) is 14.3. The Balaban J connectivity index is 1.97. The number of nitrogens with zero attached hydrogens (tertiary/aromatic N) is 2. The Morgan fingerprint density at radius 1 is 1.38 bits per heavy atom. The van der Waals surface area contributed by atoms with Crippen molar-refractivity contribution in [2.24, 2.45) is 11.8 Å². The molecule has 3 heterocycles. The summed E-state index contributed by atoms with van der Waals surface area (Å²) in [6.07, 6.45) is 1.27. The van der Waals surface area contributed by atoms with Crippen LogP contribution in [-0.2, 0) is 13.1 Å². The van der Waals surface area contributed by atoms with Crippen LogP contribution < -0.4 is 15.5 Å². The van der Waals surface area contributed by atoms with Crippen molar-refractivity contribution in [3.05, 3.63) is 22.9 Å². The molecule has 1 fully saturated rings. The van der Waals surface area contributed by atoms with Gasteiger partial charge in [0.2, 0.25) is 0 Å². The zero-order chi connectivity index (χ0) is 15.0. The SMILES string of the molecule is CNCc1nc(N2CC(C)CC(C)C2)cc2c1CNC2=O. The second-order valence-corrected chi connectivity index (χ2v) is 6.52. The van der Waals surface area contributed by atoms with Gasteiger partial charge in [-0.15, -0.1) is 0 Å². The van der Waals surface area contributed by atoms with Crippen LogP contribution in [0.15, 0.2) is 6.07 Å². The molecule has 1 aromatic rings. The fourth-order valence-corrected chi connectivity index (χ4v) is 3.60. The van der Waals surface area contributed by atoms with Gasteiger partial charge in [-0.1, -0.05) is 13.8 Å². The summed E-state index contributed by atoms with van der Waals surface area (Å²) in [6.45, 7) is 7.93. The highest BCUT2D eigenvalue weighted by molar-refractivity contribution is 5.99. The number of fused-ring (bicyclic) bond motifs is 1. The van der Waals surface area contributed by atoms with Gasteiger partial charge in [-0.25, -0.2) is 4.98 Å². The number of hydrogen-bond donors (Lipinski definition) is 2. The van der Waals surface area contributed by atoms with Crippen LogP contribution in [0.2, 0.25) is 0 Å². The Bertz CT molecular complexity index is 547. The number of aromatic nitrogens is 1. The standard InChI is InChI=1S/C16H24N4O/c1-10-4-11(2)9-20(8-10)15-5-12-13(6-18-16(12)21)14(19-15)7-17-3/h5,10-11,17H,4,6-9H2,1-3H3,(H,18,21). The third kappa shape index (κ3) is 2.75. The summed E-state index contributed by atoms with van der Waals surface area (Å²) in [4.78, 5) is 19.2. The van der Waals surface area contributed by atoms with Gasteiger partial charge in [0.15, 0.2) is 0 Å². The molecule has 0 aromatic carbocycles. The fourth-order valence-electron chi connectivity index (χ4n) is 3.60. The lowest BCUT2D eigenvalue weighted by molar-refractivity contribution is 0.0965. The maximum absolute atomic E-state index is 12.0. The van der Waals surface area contributed by atoms with Gasteiger partial charge < -0.3 is 15.5 Å². The maximum atomic E-state index is 12.0. The molecule has 0 aliphatic carbocycles. The van der Waals surface area contributed by atoms with Crippen LogP contribution in [0.5, 0.6) is 0 Å². The summed E-state index contributed by atoms with van der Waals surface area (Å²) >= 11 is 0. The molecule has 3 rings (SSSR count). The van der Waals surface area contributed by atoms with Gasteiger partial charge in [0.1, 0.15) is 5.82 Å². The highest BCUT2D eigenvalue weighted by Gasteiger charge is 2.27. The van der Waals surface area contributed by atoms with Gasteiger partial charge in [0.05, 0.1) is 5.69 Å². The number of rotatable bonds is 3. The first-order chi connectivity index (χ1) is 10.1. The fraction of sp³-hybridized carbons (Fsp3) is 0.625. The van der Waals surface area contributed by atoms with Crippen molar-refractivity contribution in [2.75, 3.05) is 25.0 Å². The highest BCUT2D eigenvalue weighted by Crippen LogP contribution is 2.29. The zero-order valence-corrected chi connectivity index (χ0v) is 13.1. The number of hydrogen-bond acceptors (Lipinski definition) is 4. The molecule has 2 atom stereocenters. The van der Waals surface area contributed by atoms with Gasteiger partial charge in [-0.05, 0) is 31.4 Å². The molecule has 0 spiro atoms. The van der Waals surface area contributed by atoms with E-state index in [0.29, 0.717) is 24.9 Å². The Morgan fingerprint density at radius 3 is 2.76 bits per heavy atom. The van der Waals surface area contributed by atoms with E-state index in [0.717, 1.165) is 35.7 Å². The van der Waals surface area contributed by atoms with E-state index in [9.17, 15) is 4.79 Å². The number of pyridine rings is 1. The van der Waals surface area contributed by atoms with E-state index in [4.69, 9.17) is 4.98 Å². The lowest BCUT2D eigenvalue weighted by Crippen LogP contribution is -2.39. The van der Waals surface area contributed by atoms with E-state index in [2.05, 4.69) is 29.4 Å². The molecule has 1 aromatic heterocycles. The molecule has 5 nitrogen and oxygen atoms in total. The molecule has 2 aliphatic rings. The Labute approximate surface area is 126 Å². The average molecular weight is 288 g/mol. The summed E-state index contributed by atoms with van der Waals surface area (Å²) in [5.41, 5.74) is 2.85. The van der Waals surface area contributed by atoms with E-state index in [1.807, 2.05) is 13.1 Å². The van der Waals surface area contributed by atoms with E-state index in [1.165, 1.54) is 6.42 Å². The number of carbonyl (C=O) groups excluding carboxylic acids is 1. The molecule has 2 N–H and O–H groups in total. The van der Waals surface area contributed by atoms with Gasteiger partial charge in [0, 0.05) is 37.3 Å². The van der Waals surface area contributed by atoms with Gasteiger partial charge in [0.25, 0.3) is 5.91 Å². The summed E-state index contributed by atoms with van der Waals surface area (Å²) in [6, 6.07) is 1.97. The number of amides is 1. The van der Waals surface area contributed by atoms with Crippen LogP contribution in [0.3, 0.4) is 0 Å². The summed E-state index contributed by atoms with van der Waals surface area (Å²) in [7, 11) is 1.91. The van der Waals surface area contributed by atoms with Gasteiger partial charge >= 0.3 is 0 Å². The van der Waals surface area contributed by atoms with Crippen LogP contribution in [-0.4, -0.2) is 31.0 Å². The molecule has 1 amide bonds. The van der Waals surface area contributed by atoms with Crippen molar-refractivity contribution >= 4 is 11.7 Å². The van der Waals surface area contributed by atoms with E-state index < -0.39 is 0 Å². The lowest BCUT2D eigenvalue weighted by atomic mass is 9.92. The minimum Gasteiger partial charge on any atom is -0.356 e. The zero-order valence-electron chi connectivity index (χ0n) is 13.1. The average Bonchev–Trinajstić information content (AvgIpc) is 2.80. The molecule has 0 radical (unpaired) electrons. The maximum Gasteiger partial charge on any atom is 0.252 e. The number of anilines is 1. The van der Waals surface area contributed by atoms with Gasteiger partial charge in [-0.2, -0.15) is 0 Å². The molecule has 0 bridgehead atoms. The monoisotopic (exact) mass is 288 g/mol. The van der Waals surface area contributed by atoms with Crippen molar-refractivity contribution < 1.29 is 4.79 Å². The van der Waals surface area contributed by atoms with Gasteiger partial charge in [-0.3, -0.25) is 4.79 Å². The highest BCUT2D eigenvalue weighted by atomic mass is 16.1. The first-order valence-electron chi connectivity index (χ1n) is 7.79. The molecular weight excluding hydrogens is 264 g/mol. The molecular formula is C16H24N4O. The molecule has 21 heavy (non-hydrogen) atoms. The predicted molar refractivity (Wildman–Crippen MR) is 83.3 cm³/mol. The first-order valence-corrected chi connectivity index (χ1v) is 7.79. The van der Waals surface area contributed by atoms with Crippen molar-refractivity contribution in [1.82, 2.24) is 15.6 Å². The summed E-state index contributed by atoms with van der Waals surface area (Å²) in [5, 5.41) is 6.06. The van der Waals surface area contributed by atoms with E-state index in [-0.39, 0.29) is 5.91 Å². The van der Waals surface area contributed by atoms with E-state index in [1.54, 1.807) is 0 Å². The lowest BCUT2D eigenvalue weighted by Gasteiger charge is -2.36. The number of piperidine rings is 1. The van der Waals surface area contributed by atoms with Crippen molar-refractivity contribution in [2.45, 2.75) is 33.4 Å². The van der Waals surface area contributed by atoms with E-state index >= 15 is 0 Å². The third-order valence-electron chi connectivity index (χ3n) is 4.40. The largest absolute Gasteiger partial charge is 0.356 e. The molecule has 5 heteroatoms. The topological polar surface area (TPSA) is 57.3 Å². The van der Waals surface area contributed by atoms with Crippen LogP contribution in [0, 0.1) is 11.8 Å². The molecule has 1 saturated heterocycles. The third-order valence-corrected chi connectivity index (χ3v) is 4.40. The summed E-state index contributed by atoms with van der Waals surface area (Å²) in [5.74, 6) is 2.33. The Morgan fingerprint density at radius 2 is 2.10 bits per heavy atom. The molecule has 2 aliphatic heterocycles. The van der Waals surface area contributed by atoms with Crippen LogP contribution in [0.4, 0.5) is 5.82 Å². The molecule has 0 saturated carbocycles. The van der Waals surface area contributed by atoms with Crippen LogP contribution >= 0.6 is 0 Å². The quantitative estimate of drug-likeness (QED) is 0.885. The van der Waals surface area contributed by atoms with Crippen LogP contribution in [0.25, 0.3) is 0 Å². The molecule has 2 unspecified atom stereocenters. The van der Waals surface area contributed by atoms with Crippen molar-refractivity contribution in [3.63, 3.8) is 0 Å². The minimum atomic E-state index is 0.0316. The predicted octanol–water partition coefficient (Wildman–Crippen LogP) is 1.53. The number of nitrogens with one attached hydrogen (secondary N) is 2. The second-order valence-electron chi connectivity index (χ2n) is 6.52. The minimum absolute atomic E-state index is 0.0316. The Kier molecular flexibility index (Phi) is 3.85. The Hall–Kier alpha value is -1.62. The summed E-state index contributed by atoms with van der Waals surface area (Å²) < 4.78 is 0. The smallest absolute Gasteiger partial charge is 0.252 e. The van der Waals surface area contributed by atoms with Crippen LogP contribution in [0.1, 0.15) is 41.9 Å². The van der Waals surface area contributed by atoms with Crippen molar-refractivity contribution in [3.8, 4) is 0 Å².